The van der Waals surface area contributed by atoms with E-state index in [1.165, 1.54) is 0 Å². The van der Waals surface area contributed by atoms with Crippen molar-refractivity contribution in [3.05, 3.63) is 0 Å². The predicted octanol–water partition coefficient (Wildman–Crippen LogP) is -0.973. The highest BCUT2D eigenvalue weighted by Gasteiger charge is 2.62. The Kier molecular flexibility index (Phi) is 2.52. The quantitative estimate of drug-likeness (QED) is 0.653. The largest absolute Gasteiger partial charge is 0.481 e. The number of aliphatic hydroxyl groups is 1. The number of rotatable bonds is 2. The van der Waals surface area contributed by atoms with E-state index >= 15 is 0 Å². The van der Waals surface area contributed by atoms with E-state index in [9.17, 15) is 23.4 Å². The Morgan fingerprint density at radius 1 is 1.31 bits per heavy atom. The first kappa shape index (κ1) is 11.8. The van der Waals surface area contributed by atoms with Gasteiger partial charge in [-0.15, -0.1) is 0 Å². The van der Waals surface area contributed by atoms with E-state index in [2.05, 4.69) is 0 Å². The average molecular weight is 250 g/mol. The molecular weight excluding hydrogens is 236 g/mol. The molecule has 1 atom stereocenters. The van der Waals surface area contributed by atoms with Crippen LogP contribution in [0.15, 0.2) is 0 Å². The van der Waals surface area contributed by atoms with Gasteiger partial charge < -0.3 is 14.9 Å². The molecule has 6 nitrogen and oxygen atoms in total. The van der Waals surface area contributed by atoms with Gasteiger partial charge in [0.1, 0.15) is 11.0 Å². The predicted molar refractivity (Wildman–Crippen MR) is 53.7 cm³/mol. The maximum Gasteiger partial charge on any atom is 0.313 e. The molecule has 2 fully saturated rings. The molecule has 92 valence electrons. The lowest BCUT2D eigenvalue weighted by molar-refractivity contribution is -0.241. The van der Waals surface area contributed by atoms with E-state index in [4.69, 9.17) is 4.74 Å². The van der Waals surface area contributed by atoms with Gasteiger partial charge in [-0.1, -0.05) is 0 Å². The number of hydrogen-bond acceptors (Lipinski definition) is 5. The summed E-state index contributed by atoms with van der Waals surface area (Å²) < 4.78 is 27.9. The summed E-state index contributed by atoms with van der Waals surface area (Å²) in [5.41, 5.74) is -3.13. The van der Waals surface area contributed by atoms with E-state index in [1.807, 2.05) is 0 Å². The second kappa shape index (κ2) is 3.41. The molecule has 2 N–H and O–H groups in total. The van der Waals surface area contributed by atoms with Gasteiger partial charge in [-0.05, 0) is 12.8 Å². The van der Waals surface area contributed by atoms with Crippen molar-refractivity contribution in [2.24, 2.45) is 5.41 Å². The molecule has 16 heavy (non-hydrogen) atoms. The van der Waals surface area contributed by atoms with E-state index in [0.717, 1.165) is 0 Å². The SMILES string of the molecule is O=C(O)C1(C2(O)COC2)CCCS(=O)(=O)C1. The lowest BCUT2D eigenvalue weighted by Gasteiger charge is -2.50. The zero-order valence-electron chi connectivity index (χ0n) is 8.68. The van der Waals surface area contributed by atoms with E-state index in [1.54, 1.807) is 0 Å². The third kappa shape index (κ3) is 1.54. The smallest absolute Gasteiger partial charge is 0.313 e. The summed E-state index contributed by atoms with van der Waals surface area (Å²) in [6.07, 6.45) is 0.457. The molecule has 7 heteroatoms. The second-order valence-corrected chi connectivity index (χ2v) is 6.79. The lowest BCUT2D eigenvalue weighted by atomic mass is 9.68. The normalized spacial score (nSPS) is 36.3. The number of sulfone groups is 1. The van der Waals surface area contributed by atoms with Crippen LogP contribution in [0.1, 0.15) is 12.8 Å². The fourth-order valence-electron chi connectivity index (χ4n) is 2.42. The molecule has 2 saturated heterocycles. The Bertz CT molecular complexity index is 410. The molecule has 0 aromatic heterocycles. The molecule has 0 amide bonds. The molecule has 0 spiro atoms. The van der Waals surface area contributed by atoms with Gasteiger partial charge in [0.2, 0.25) is 0 Å². The topological polar surface area (TPSA) is 101 Å². The molecule has 2 aliphatic rings. The average Bonchev–Trinajstić information content (AvgIpc) is 2.12. The van der Waals surface area contributed by atoms with Crippen LogP contribution < -0.4 is 0 Å². The maximum atomic E-state index is 11.5. The highest BCUT2D eigenvalue weighted by atomic mass is 32.2. The van der Waals surface area contributed by atoms with Gasteiger partial charge in [0.05, 0.1) is 24.7 Å². The van der Waals surface area contributed by atoms with Crippen LogP contribution in [-0.2, 0) is 19.4 Å². The first-order chi connectivity index (χ1) is 7.31. The molecule has 2 heterocycles. The molecular formula is C9H14O6S. The van der Waals surface area contributed by atoms with Gasteiger partial charge in [0, 0.05) is 0 Å². The van der Waals surface area contributed by atoms with Crippen LogP contribution in [-0.4, -0.2) is 54.9 Å². The van der Waals surface area contributed by atoms with Crippen LogP contribution in [0.3, 0.4) is 0 Å². The van der Waals surface area contributed by atoms with Gasteiger partial charge in [-0.25, -0.2) is 8.42 Å². The van der Waals surface area contributed by atoms with Crippen LogP contribution in [0.4, 0.5) is 0 Å². The molecule has 2 aliphatic heterocycles. The summed E-state index contributed by atoms with van der Waals surface area (Å²) in [6.45, 7) is -0.205. The van der Waals surface area contributed by atoms with Gasteiger partial charge in [-0.2, -0.15) is 0 Å². The number of ether oxygens (including phenoxy) is 1. The number of hydrogen-bond donors (Lipinski definition) is 2. The molecule has 2 rings (SSSR count). The first-order valence-electron chi connectivity index (χ1n) is 5.05. The molecule has 0 aliphatic carbocycles. The van der Waals surface area contributed by atoms with Crippen molar-refractivity contribution in [3.63, 3.8) is 0 Å². The number of aliphatic carboxylic acids is 1. The molecule has 0 radical (unpaired) electrons. The Balaban J connectivity index is 2.40. The minimum atomic E-state index is -3.39. The highest BCUT2D eigenvalue weighted by Crippen LogP contribution is 2.45. The third-order valence-electron chi connectivity index (χ3n) is 3.51. The fourth-order valence-corrected chi connectivity index (χ4v) is 4.44. The Morgan fingerprint density at radius 2 is 1.94 bits per heavy atom. The summed E-state index contributed by atoms with van der Waals surface area (Å²) in [7, 11) is -3.39. The van der Waals surface area contributed by atoms with Crippen molar-refractivity contribution in [2.75, 3.05) is 24.7 Å². The number of carbonyl (C=O) groups is 1. The van der Waals surface area contributed by atoms with Gasteiger partial charge >= 0.3 is 5.97 Å². The van der Waals surface area contributed by atoms with E-state index < -0.39 is 32.6 Å². The van der Waals surface area contributed by atoms with Crippen molar-refractivity contribution in [3.8, 4) is 0 Å². The van der Waals surface area contributed by atoms with E-state index in [0.29, 0.717) is 0 Å². The molecule has 0 aromatic carbocycles. The van der Waals surface area contributed by atoms with Crippen molar-refractivity contribution < 1.29 is 28.2 Å². The standard InChI is InChI=1S/C9H14O6S/c10-7(11)8(9(12)4-15-5-9)2-1-3-16(13,14)6-8/h12H,1-6H2,(H,10,11). The van der Waals surface area contributed by atoms with Gasteiger partial charge in [0.25, 0.3) is 0 Å². The minimum Gasteiger partial charge on any atom is -0.481 e. The van der Waals surface area contributed by atoms with Crippen LogP contribution in [0.5, 0.6) is 0 Å². The first-order valence-corrected chi connectivity index (χ1v) is 6.87. The zero-order valence-corrected chi connectivity index (χ0v) is 9.49. The zero-order chi connectivity index (χ0) is 12.0. The van der Waals surface area contributed by atoms with Crippen LogP contribution in [0.2, 0.25) is 0 Å². The maximum absolute atomic E-state index is 11.5. The van der Waals surface area contributed by atoms with Crippen LogP contribution in [0, 0.1) is 5.41 Å². The Hall–Kier alpha value is -0.660. The van der Waals surface area contributed by atoms with Gasteiger partial charge in [0.15, 0.2) is 9.84 Å². The number of carboxylic acid groups (broad SMARTS) is 1. The number of carboxylic acids is 1. The third-order valence-corrected chi connectivity index (χ3v) is 5.35. The monoisotopic (exact) mass is 250 g/mol. The summed E-state index contributed by atoms with van der Waals surface area (Å²) in [4.78, 5) is 11.3. The fraction of sp³-hybridized carbons (Fsp3) is 0.889. The second-order valence-electron chi connectivity index (χ2n) is 4.61. The lowest BCUT2D eigenvalue weighted by Crippen LogP contribution is -2.68. The molecule has 0 aromatic rings. The molecule has 0 saturated carbocycles. The van der Waals surface area contributed by atoms with Crippen molar-refractivity contribution in [1.82, 2.24) is 0 Å². The summed E-state index contributed by atoms with van der Waals surface area (Å²) in [5.74, 6) is -1.74. The van der Waals surface area contributed by atoms with Crippen LogP contribution >= 0.6 is 0 Å². The molecule has 1 unspecified atom stereocenters. The Morgan fingerprint density at radius 3 is 2.31 bits per heavy atom. The van der Waals surface area contributed by atoms with Crippen molar-refractivity contribution in [2.45, 2.75) is 18.4 Å². The van der Waals surface area contributed by atoms with E-state index in [-0.39, 0.29) is 31.8 Å². The Labute approximate surface area is 93.1 Å². The minimum absolute atomic E-state index is 0.00102. The molecule has 0 bridgehead atoms. The summed E-state index contributed by atoms with van der Waals surface area (Å²) in [6, 6.07) is 0. The van der Waals surface area contributed by atoms with Crippen molar-refractivity contribution >= 4 is 15.8 Å². The summed E-state index contributed by atoms with van der Waals surface area (Å²) >= 11 is 0. The van der Waals surface area contributed by atoms with Crippen LogP contribution in [0.25, 0.3) is 0 Å². The van der Waals surface area contributed by atoms with Gasteiger partial charge in [-0.3, -0.25) is 4.79 Å². The summed E-state index contributed by atoms with van der Waals surface area (Å²) in [5, 5.41) is 19.4. The highest BCUT2D eigenvalue weighted by molar-refractivity contribution is 7.91. The van der Waals surface area contributed by atoms with Crippen molar-refractivity contribution in [1.29, 1.82) is 0 Å².